The van der Waals surface area contributed by atoms with Gasteiger partial charge in [0.25, 0.3) is 0 Å². The molecule has 162 valence electrons. The summed E-state index contributed by atoms with van der Waals surface area (Å²) >= 11 is 3.52. The Morgan fingerprint density at radius 2 is 1.37 bits per heavy atom. The molecule has 0 spiro atoms. The number of ether oxygens (including phenoxy) is 5. The molecule has 0 aromatic heterocycles. The predicted molar refractivity (Wildman–Crippen MR) is 118 cm³/mol. The van der Waals surface area contributed by atoms with Gasteiger partial charge in [-0.05, 0) is 35.4 Å². The molecule has 0 bridgehead atoms. The molecule has 1 aliphatic rings. The Hall–Kier alpha value is -2.39. The Labute approximate surface area is 184 Å². The number of carboxylic acids is 1. The van der Waals surface area contributed by atoms with Gasteiger partial charge >= 0.3 is 5.97 Å². The van der Waals surface area contributed by atoms with Crippen molar-refractivity contribution in [2.24, 2.45) is 0 Å². The standard InChI is InChI=1S/C21H24O7S2/c1-24-14-7-11(6-13(20(22)23)18(14)27-4)17-10-29-21(30-17)12-8-15(25-2)19(28-5)16(9-12)26-3/h6-9,17,21H,10H2,1-5H3,(H,22,23)/t17-,21+/m0/s1. The van der Waals surface area contributed by atoms with Gasteiger partial charge in [0.2, 0.25) is 5.75 Å². The number of carbonyl (C=O) groups is 1. The van der Waals surface area contributed by atoms with Crippen LogP contribution in [0, 0.1) is 0 Å². The first-order chi connectivity index (χ1) is 14.5. The first-order valence-corrected chi connectivity index (χ1v) is 11.0. The predicted octanol–water partition coefficient (Wildman–Crippen LogP) is 4.65. The average Bonchev–Trinajstić information content (AvgIpc) is 3.27. The Kier molecular flexibility index (Phi) is 7.14. The fraction of sp³-hybridized carbons (Fsp3) is 0.381. The lowest BCUT2D eigenvalue weighted by molar-refractivity contribution is 0.0692. The molecular weight excluding hydrogens is 428 g/mol. The van der Waals surface area contributed by atoms with E-state index in [4.69, 9.17) is 23.7 Å². The highest BCUT2D eigenvalue weighted by Gasteiger charge is 2.32. The van der Waals surface area contributed by atoms with Crippen LogP contribution in [0.25, 0.3) is 0 Å². The largest absolute Gasteiger partial charge is 0.493 e. The highest BCUT2D eigenvalue weighted by Crippen LogP contribution is 2.58. The van der Waals surface area contributed by atoms with E-state index in [-0.39, 0.29) is 21.1 Å². The van der Waals surface area contributed by atoms with Crippen LogP contribution in [0.1, 0.15) is 31.3 Å². The summed E-state index contributed by atoms with van der Waals surface area (Å²) in [5.41, 5.74) is 2.02. The van der Waals surface area contributed by atoms with Crippen molar-refractivity contribution >= 4 is 29.5 Å². The van der Waals surface area contributed by atoms with Crippen LogP contribution in [0.5, 0.6) is 28.7 Å². The molecule has 2 aromatic carbocycles. The highest BCUT2D eigenvalue weighted by molar-refractivity contribution is 8.19. The quantitative estimate of drug-likeness (QED) is 0.615. The second-order valence-electron chi connectivity index (χ2n) is 6.36. The second kappa shape index (κ2) is 9.61. The van der Waals surface area contributed by atoms with Crippen molar-refractivity contribution in [1.29, 1.82) is 0 Å². The first-order valence-electron chi connectivity index (χ1n) is 9.03. The summed E-state index contributed by atoms with van der Waals surface area (Å²) in [5.74, 6) is 2.18. The van der Waals surface area contributed by atoms with Crippen LogP contribution in [0.2, 0.25) is 0 Å². The van der Waals surface area contributed by atoms with E-state index in [2.05, 4.69) is 0 Å². The summed E-state index contributed by atoms with van der Waals surface area (Å²) < 4.78 is 27.1. The molecule has 9 heteroatoms. The van der Waals surface area contributed by atoms with Crippen LogP contribution in [0.15, 0.2) is 24.3 Å². The second-order valence-corrected chi connectivity index (χ2v) is 9.11. The molecule has 1 saturated heterocycles. The Morgan fingerprint density at radius 3 is 1.87 bits per heavy atom. The summed E-state index contributed by atoms with van der Waals surface area (Å²) in [7, 11) is 7.70. The van der Waals surface area contributed by atoms with Gasteiger partial charge in [0.1, 0.15) is 5.56 Å². The smallest absolute Gasteiger partial charge is 0.339 e. The van der Waals surface area contributed by atoms with Crippen LogP contribution in [-0.2, 0) is 0 Å². The lowest BCUT2D eigenvalue weighted by Gasteiger charge is -2.18. The molecule has 0 saturated carbocycles. The van der Waals surface area contributed by atoms with Gasteiger partial charge in [-0.3, -0.25) is 0 Å². The maximum absolute atomic E-state index is 11.7. The fourth-order valence-corrected chi connectivity index (χ4v) is 6.58. The van der Waals surface area contributed by atoms with E-state index in [0.29, 0.717) is 23.0 Å². The van der Waals surface area contributed by atoms with Gasteiger partial charge in [-0.15, -0.1) is 23.5 Å². The minimum absolute atomic E-state index is 0.0914. The third-order valence-electron chi connectivity index (χ3n) is 4.75. The molecule has 0 unspecified atom stereocenters. The van der Waals surface area contributed by atoms with Crippen LogP contribution >= 0.6 is 23.5 Å². The maximum atomic E-state index is 11.7. The molecule has 2 aromatic rings. The number of carboxylic acid groups (broad SMARTS) is 1. The summed E-state index contributed by atoms with van der Waals surface area (Å²) in [4.78, 5) is 11.7. The zero-order chi connectivity index (χ0) is 21.8. The van der Waals surface area contributed by atoms with E-state index in [9.17, 15) is 9.90 Å². The molecule has 1 aliphatic heterocycles. The molecule has 0 aliphatic carbocycles. The molecule has 0 amide bonds. The van der Waals surface area contributed by atoms with Crippen molar-refractivity contribution in [3.8, 4) is 28.7 Å². The molecule has 2 atom stereocenters. The maximum Gasteiger partial charge on any atom is 0.339 e. The number of hydrogen-bond donors (Lipinski definition) is 1. The van der Waals surface area contributed by atoms with E-state index in [1.807, 2.05) is 18.2 Å². The first kappa shape index (κ1) is 22.3. The van der Waals surface area contributed by atoms with Crippen molar-refractivity contribution in [2.75, 3.05) is 41.3 Å². The number of aromatic carboxylic acids is 1. The summed E-state index contributed by atoms with van der Waals surface area (Å²) in [6, 6.07) is 7.41. The average molecular weight is 453 g/mol. The molecule has 30 heavy (non-hydrogen) atoms. The monoisotopic (exact) mass is 452 g/mol. The van der Waals surface area contributed by atoms with Crippen LogP contribution < -0.4 is 23.7 Å². The number of rotatable bonds is 8. The van der Waals surface area contributed by atoms with Gasteiger partial charge in [-0.2, -0.15) is 0 Å². The van der Waals surface area contributed by atoms with Gasteiger partial charge in [-0.1, -0.05) is 0 Å². The lowest BCUT2D eigenvalue weighted by atomic mass is 10.1. The Balaban J connectivity index is 1.92. The van der Waals surface area contributed by atoms with E-state index in [1.165, 1.54) is 14.2 Å². The van der Waals surface area contributed by atoms with Crippen LogP contribution in [-0.4, -0.2) is 52.4 Å². The summed E-state index contributed by atoms with van der Waals surface area (Å²) in [6.07, 6.45) is 0. The number of thioether (sulfide) groups is 2. The normalized spacial score (nSPS) is 18.0. The number of benzene rings is 2. The van der Waals surface area contributed by atoms with Gasteiger partial charge in [0, 0.05) is 11.0 Å². The molecule has 1 heterocycles. The third kappa shape index (κ3) is 4.22. The zero-order valence-corrected chi connectivity index (χ0v) is 19.0. The topological polar surface area (TPSA) is 83.5 Å². The molecular formula is C21H24O7S2. The van der Waals surface area contributed by atoms with Gasteiger partial charge in [0.15, 0.2) is 23.0 Å². The van der Waals surface area contributed by atoms with E-state index in [0.717, 1.165) is 16.9 Å². The highest BCUT2D eigenvalue weighted by atomic mass is 32.2. The fourth-order valence-electron chi connectivity index (χ4n) is 3.32. The minimum atomic E-state index is -1.05. The zero-order valence-electron chi connectivity index (χ0n) is 17.4. The van der Waals surface area contributed by atoms with Crippen molar-refractivity contribution in [3.05, 3.63) is 41.0 Å². The molecule has 1 N–H and O–H groups in total. The van der Waals surface area contributed by atoms with Crippen molar-refractivity contribution in [3.63, 3.8) is 0 Å². The Morgan fingerprint density at radius 1 is 0.833 bits per heavy atom. The van der Waals surface area contributed by atoms with E-state index < -0.39 is 5.97 Å². The van der Waals surface area contributed by atoms with E-state index in [1.54, 1.807) is 50.9 Å². The van der Waals surface area contributed by atoms with Crippen LogP contribution in [0.4, 0.5) is 0 Å². The molecule has 3 rings (SSSR count). The summed E-state index contributed by atoms with van der Waals surface area (Å²) in [5, 5.41) is 9.69. The molecule has 7 nitrogen and oxygen atoms in total. The van der Waals surface area contributed by atoms with Gasteiger partial charge in [0.05, 0.1) is 40.1 Å². The Bertz CT molecular complexity index is 907. The lowest BCUT2D eigenvalue weighted by Crippen LogP contribution is -2.05. The van der Waals surface area contributed by atoms with Crippen molar-refractivity contribution < 1.29 is 33.6 Å². The molecule has 1 fully saturated rings. The third-order valence-corrected chi connectivity index (χ3v) is 8.09. The van der Waals surface area contributed by atoms with Crippen molar-refractivity contribution in [1.82, 2.24) is 0 Å². The van der Waals surface area contributed by atoms with Crippen molar-refractivity contribution in [2.45, 2.75) is 9.83 Å². The minimum Gasteiger partial charge on any atom is -0.493 e. The SMILES string of the molecule is COc1cc([C@@H]2SC[C@@H](c3cc(OC)c(OC)c(C(=O)O)c3)S2)cc(OC)c1OC. The van der Waals surface area contributed by atoms with Gasteiger partial charge < -0.3 is 28.8 Å². The number of hydrogen-bond acceptors (Lipinski definition) is 8. The molecule has 0 radical (unpaired) electrons. The summed E-state index contributed by atoms with van der Waals surface area (Å²) in [6.45, 7) is 0. The van der Waals surface area contributed by atoms with E-state index >= 15 is 0 Å². The number of methoxy groups -OCH3 is 5. The van der Waals surface area contributed by atoms with Crippen LogP contribution in [0.3, 0.4) is 0 Å². The van der Waals surface area contributed by atoms with Gasteiger partial charge in [-0.25, -0.2) is 4.79 Å².